The van der Waals surface area contributed by atoms with E-state index < -0.39 is 0 Å². The maximum Gasteiger partial charge on any atom is 0.223 e. The molecule has 1 saturated heterocycles. The number of carbonyl (C=O) groups excluding carboxylic acids is 2. The molecule has 6 heteroatoms. The lowest BCUT2D eigenvalue weighted by molar-refractivity contribution is -0.138. The first-order valence-corrected chi connectivity index (χ1v) is 7.97. The standard InChI is InChI=1S/C17H25N3O3/c1-14(21)19-9-11-20(12-10-19)17(22)7-8-18-13-15-3-5-16(23-2)6-4-15/h3-6,18H,7-13H2,1-2H3. The third kappa shape index (κ3) is 5.25. The van der Waals surface area contributed by atoms with Crippen LogP contribution < -0.4 is 10.1 Å². The number of hydrogen-bond donors (Lipinski definition) is 1. The highest BCUT2D eigenvalue weighted by Crippen LogP contribution is 2.11. The van der Waals surface area contributed by atoms with Gasteiger partial charge in [-0.15, -0.1) is 0 Å². The number of nitrogens with zero attached hydrogens (tertiary/aromatic N) is 2. The summed E-state index contributed by atoms with van der Waals surface area (Å²) in [5, 5.41) is 3.28. The molecule has 2 amide bonds. The van der Waals surface area contributed by atoms with Gasteiger partial charge in [0.15, 0.2) is 0 Å². The van der Waals surface area contributed by atoms with Crippen LogP contribution in [-0.4, -0.2) is 61.4 Å². The minimum absolute atomic E-state index is 0.0817. The third-order valence-corrected chi connectivity index (χ3v) is 4.08. The fraction of sp³-hybridized carbons (Fsp3) is 0.529. The van der Waals surface area contributed by atoms with Gasteiger partial charge in [-0.2, -0.15) is 0 Å². The summed E-state index contributed by atoms with van der Waals surface area (Å²) < 4.78 is 5.12. The van der Waals surface area contributed by atoms with E-state index in [1.165, 1.54) is 0 Å². The molecule has 1 heterocycles. The summed E-state index contributed by atoms with van der Waals surface area (Å²) in [6, 6.07) is 7.87. The van der Waals surface area contributed by atoms with Gasteiger partial charge in [-0.1, -0.05) is 12.1 Å². The van der Waals surface area contributed by atoms with Crippen LogP contribution in [0.3, 0.4) is 0 Å². The molecule has 0 aliphatic carbocycles. The highest BCUT2D eigenvalue weighted by atomic mass is 16.5. The molecule has 23 heavy (non-hydrogen) atoms. The second-order valence-corrected chi connectivity index (χ2v) is 5.66. The Kier molecular flexibility index (Phi) is 6.40. The molecule has 0 radical (unpaired) electrons. The van der Waals surface area contributed by atoms with Crippen molar-refractivity contribution in [2.45, 2.75) is 19.9 Å². The van der Waals surface area contributed by atoms with Crippen molar-refractivity contribution in [3.8, 4) is 5.75 Å². The average molecular weight is 319 g/mol. The fourth-order valence-corrected chi connectivity index (χ4v) is 2.60. The summed E-state index contributed by atoms with van der Waals surface area (Å²) in [4.78, 5) is 27.0. The van der Waals surface area contributed by atoms with Crippen molar-refractivity contribution in [3.05, 3.63) is 29.8 Å². The molecule has 1 aromatic carbocycles. The van der Waals surface area contributed by atoms with E-state index in [4.69, 9.17) is 4.74 Å². The van der Waals surface area contributed by atoms with Crippen molar-refractivity contribution < 1.29 is 14.3 Å². The Morgan fingerprint density at radius 1 is 1.09 bits per heavy atom. The molecular formula is C17H25N3O3. The first kappa shape index (κ1) is 17.3. The zero-order valence-electron chi connectivity index (χ0n) is 13.9. The topological polar surface area (TPSA) is 61.9 Å². The van der Waals surface area contributed by atoms with E-state index in [9.17, 15) is 9.59 Å². The van der Waals surface area contributed by atoms with E-state index in [0.29, 0.717) is 39.1 Å². The number of ether oxygens (including phenoxy) is 1. The van der Waals surface area contributed by atoms with Gasteiger partial charge in [0, 0.05) is 52.6 Å². The summed E-state index contributed by atoms with van der Waals surface area (Å²) in [5.41, 5.74) is 1.16. The molecule has 1 fully saturated rings. The van der Waals surface area contributed by atoms with Gasteiger partial charge in [0.05, 0.1) is 7.11 Å². The molecule has 1 N–H and O–H groups in total. The second-order valence-electron chi connectivity index (χ2n) is 5.66. The molecule has 2 rings (SSSR count). The molecule has 0 saturated carbocycles. The van der Waals surface area contributed by atoms with Gasteiger partial charge in [0.1, 0.15) is 5.75 Å². The zero-order chi connectivity index (χ0) is 16.7. The average Bonchev–Trinajstić information content (AvgIpc) is 2.59. The van der Waals surface area contributed by atoms with Gasteiger partial charge in [-0.3, -0.25) is 9.59 Å². The van der Waals surface area contributed by atoms with Gasteiger partial charge in [-0.25, -0.2) is 0 Å². The van der Waals surface area contributed by atoms with E-state index in [1.807, 2.05) is 29.2 Å². The number of benzene rings is 1. The lowest BCUT2D eigenvalue weighted by Gasteiger charge is -2.34. The summed E-state index contributed by atoms with van der Waals surface area (Å²) in [7, 11) is 1.65. The zero-order valence-corrected chi connectivity index (χ0v) is 13.9. The number of nitrogens with one attached hydrogen (secondary N) is 1. The van der Waals surface area contributed by atoms with E-state index in [1.54, 1.807) is 18.9 Å². The van der Waals surface area contributed by atoms with Gasteiger partial charge >= 0.3 is 0 Å². The largest absolute Gasteiger partial charge is 0.497 e. The Hall–Kier alpha value is -2.08. The summed E-state index contributed by atoms with van der Waals surface area (Å²) in [6.45, 7) is 5.50. The van der Waals surface area contributed by atoms with Crippen LogP contribution in [0.5, 0.6) is 5.75 Å². The normalized spacial score (nSPS) is 14.7. The van der Waals surface area contributed by atoms with Crippen LogP contribution in [0, 0.1) is 0 Å². The quantitative estimate of drug-likeness (QED) is 0.790. The molecule has 0 bridgehead atoms. The second kappa shape index (κ2) is 8.53. The van der Waals surface area contributed by atoms with Crippen LogP contribution in [0.2, 0.25) is 0 Å². The number of piperazine rings is 1. The number of rotatable bonds is 6. The van der Waals surface area contributed by atoms with Crippen LogP contribution in [0.15, 0.2) is 24.3 Å². The summed E-state index contributed by atoms with van der Waals surface area (Å²) in [6.07, 6.45) is 0.482. The van der Waals surface area contributed by atoms with Gasteiger partial charge in [0.25, 0.3) is 0 Å². The minimum Gasteiger partial charge on any atom is -0.497 e. The molecule has 0 atom stereocenters. The first-order valence-electron chi connectivity index (χ1n) is 7.97. The molecule has 0 aromatic heterocycles. The SMILES string of the molecule is COc1ccc(CNCCC(=O)N2CCN(C(C)=O)CC2)cc1. The molecule has 1 aliphatic rings. The number of hydrogen-bond acceptors (Lipinski definition) is 4. The number of carbonyl (C=O) groups is 2. The van der Waals surface area contributed by atoms with Gasteiger partial charge in [0.2, 0.25) is 11.8 Å². The summed E-state index contributed by atoms with van der Waals surface area (Å²) in [5.74, 6) is 1.07. The fourth-order valence-electron chi connectivity index (χ4n) is 2.60. The number of methoxy groups -OCH3 is 1. The first-order chi connectivity index (χ1) is 11.1. The molecule has 1 aromatic rings. The van der Waals surface area contributed by atoms with Crippen LogP contribution in [0.4, 0.5) is 0 Å². The molecule has 6 nitrogen and oxygen atoms in total. The monoisotopic (exact) mass is 319 g/mol. The maximum atomic E-state index is 12.1. The Bertz CT molecular complexity index is 522. The number of amides is 2. The van der Waals surface area contributed by atoms with Crippen LogP contribution in [0.1, 0.15) is 18.9 Å². The Morgan fingerprint density at radius 3 is 2.26 bits per heavy atom. The smallest absolute Gasteiger partial charge is 0.223 e. The highest BCUT2D eigenvalue weighted by Gasteiger charge is 2.21. The Morgan fingerprint density at radius 2 is 1.70 bits per heavy atom. The van der Waals surface area contributed by atoms with E-state index in [0.717, 1.165) is 17.9 Å². The molecule has 0 spiro atoms. The van der Waals surface area contributed by atoms with Crippen molar-refractivity contribution in [1.29, 1.82) is 0 Å². The Labute approximate surface area is 137 Å². The van der Waals surface area contributed by atoms with E-state index in [-0.39, 0.29) is 11.8 Å². The van der Waals surface area contributed by atoms with Crippen molar-refractivity contribution in [2.75, 3.05) is 39.8 Å². The molecular weight excluding hydrogens is 294 g/mol. The van der Waals surface area contributed by atoms with Crippen molar-refractivity contribution in [1.82, 2.24) is 15.1 Å². The van der Waals surface area contributed by atoms with Crippen molar-refractivity contribution >= 4 is 11.8 Å². The third-order valence-electron chi connectivity index (χ3n) is 4.08. The molecule has 1 aliphatic heterocycles. The lowest BCUT2D eigenvalue weighted by Crippen LogP contribution is -2.50. The molecule has 126 valence electrons. The summed E-state index contributed by atoms with van der Waals surface area (Å²) >= 11 is 0. The minimum atomic E-state index is 0.0817. The molecule has 0 unspecified atom stereocenters. The van der Waals surface area contributed by atoms with Gasteiger partial charge < -0.3 is 19.9 Å². The van der Waals surface area contributed by atoms with Crippen molar-refractivity contribution in [2.24, 2.45) is 0 Å². The van der Waals surface area contributed by atoms with Crippen LogP contribution in [0.25, 0.3) is 0 Å². The van der Waals surface area contributed by atoms with Crippen LogP contribution >= 0.6 is 0 Å². The predicted molar refractivity (Wildman–Crippen MR) is 88.2 cm³/mol. The Balaban J connectivity index is 1.64. The highest BCUT2D eigenvalue weighted by molar-refractivity contribution is 5.77. The van der Waals surface area contributed by atoms with Crippen LogP contribution in [-0.2, 0) is 16.1 Å². The van der Waals surface area contributed by atoms with E-state index >= 15 is 0 Å². The van der Waals surface area contributed by atoms with Gasteiger partial charge in [-0.05, 0) is 17.7 Å². The predicted octanol–water partition coefficient (Wildman–Crippen LogP) is 0.866. The van der Waals surface area contributed by atoms with Crippen molar-refractivity contribution in [3.63, 3.8) is 0 Å². The van der Waals surface area contributed by atoms with E-state index in [2.05, 4.69) is 5.32 Å². The maximum absolute atomic E-state index is 12.1. The lowest BCUT2D eigenvalue weighted by atomic mass is 10.2.